The summed E-state index contributed by atoms with van der Waals surface area (Å²) < 4.78 is 20.2. The summed E-state index contributed by atoms with van der Waals surface area (Å²) in [6.45, 7) is 1.18. The van der Waals surface area contributed by atoms with Crippen molar-refractivity contribution in [1.29, 1.82) is 0 Å². The number of nitrogens with zero attached hydrogens (tertiary/aromatic N) is 4. The number of aromatic nitrogens is 2. The maximum Gasteiger partial charge on any atom is 0.203 e. The normalized spacial score (nSPS) is 18.0. The number of nitrogens with one attached hydrogen (secondary N) is 2. The summed E-state index contributed by atoms with van der Waals surface area (Å²) in [5.41, 5.74) is -0.840. The molecule has 0 amide bonds. The third-order valence-corrected chi connectivity index (χ3v) is 5.36. The Kier molecular flexibility index (Phi) is 5.91. The van der Waals surface area contributed by atoms with E-state index in [0.717, 1.165) is 12.1 Å². The fourth-order valence-corrected chi connectivity index (χ4v) is 3.40. The van der Waals surface area contributed by atoms with E-state index in [0.29, 0.717) is 18.8 Å². The summed E-state index contributed by atoms with van der Waals surface area (Å²) in [5.74, 6) is -0.551. The number of anilines is 2. The lowest BCUT2D eigenvalue weighted by molar-refractivity contribution is 0.0262. The Hall–Kier alpha value is -1.87. The second-order valence-corrected chi connectivity index (χ2v) is 7.67. The van der Waals surface area contributed by atoms with E-state index in [1.165, 1.54) is 18.2 Å². The van der Waals surface area contributed by atoms with Gasteiger partial charge < -0.3 is 20.9 Å². The summed E-state index contributed by atoms with van der Waals surface area (Å²) in [6.07, 6.45) is 0. The van der Waals surface area contributed by atoms with Crippen LogP contribution in [-0.2, 0) is 0 Å². The van der Waals surface area contributed by atoms with Crippen LogP contribution in [0.15, 0.2) is 32.5 Å². The van der Waals surface area contributed by atoms with Gasteiger partial charge in [0.15, 0.2) is 13.5 Å². The third kappa shape index (κ3) is 4.35. The van der Waals surface area contributed by atoms with Gasteiger partial charge in [0.2, 0.25) is 11.7 Å². The molecule has 1 unspecified atom stereocenters. The SMILES string of the molecule is BC(O)(Nc1nonc1/C(=N/O)Nc1ccc(F)c(Br)c1)C1CN(SN)C1. The van der Waals surface area contributed by atoms with Crippen molar-refractivity contribution in [3.8, 4) is 0 Å². The minimum absolute atomic E-state index is 0.0441. The lowest BCUT2D eigenvalue weighted by Crippen LogP contribution is -2.60. The van der Waals surface area contributed by atoms with E-state index in [-0.39, 0.29) is 27.7 Å². The maximum absolute atomic E-state index is 13.4. The van der Waals surface area contributed by atoms with Crippen molar-refractivity contribution in [3.63, 3.8) is 0 Å². The van der Waals surface area contributed by atoms with Crippen LogP contribution in [0, 0.1) is 11.7 Å². The molecule has 1 aromatic heterocycles. The fraction of sp³-hybridized carbons (Fsp3) is 0.308. The van der Waals surface area contributed by atoms with Crippen LogP contribution in [0.3, 0.4) is 0 Å². The van der Waals surface area contributed by atoms with Crippen LogP contribution in [0.5, 0.6) is 0 Å². The van der Waals surface area contributed by atoms with Gasteiger partial charge >= 0.3 is 0 Å². The van der Waals surface area contributed by atoms with Crippen LogP contribution >= 0.6 is 28.1 Å². The number of oxime groups is 1. The van der Waals surface area contributed by atoms with Crippen molar-refractivity contribution < 1.29 is 19.3 Å². The van der Waals surface area contributed by atoms with Gasteiger partial charge in [-0.1, -0.05) is 5.16 Å². The molecule has 0 bridgehead atoms. The number of halogens is 2. The number of rotatable bonds is 6. The highest BCUT2D eigenvalue weighted by Gasteiger charge is 2.41. The van der Waals surface area contributed by atoms with Crippen molar-refractivity contribution in [3.05, 3.63) is 34.2 Å². The van der Waals surface area contributed by atoms with Crippen LogP contribution < -0.4 is 15.8 Å². The van der Waals surface area contributed by atoms with E-state index in [9.17, 15) is 14.7 Å². The van der Waals surface area contributed by atoms with Crippen LogP contribution in [0.1, 0.15) is 5.69 Å². The Labute approximate surface area is 167 Å². The predicted molar refractivity (Wildman–Crippen MR) is 104 cm³/mol. The number of hydrogen-bond donors (Lipinski definition) is 5. The highest BCUT2D eigenvalue weighted by molar-refractivity contribution is 9.10. The Morgan fingerprint density at radius 1 is 1.52 bits per heavy atom. The van der Waals surface area contributed by atoms with Crippen molar-refractivity contribution >= 4 is 53.3 Å². The molecule has 6 N–H and O–H groups in total. The standard InChI is InChI=1S/C13H16BBrFN7O3S/c14-13(24,6-4-23(5-6)27-17)19-12-10(21-26-22-12)11(20-25)18-7-1-2-9(16)8(15)3-7/h1-3,6,24-25H,4-5,14,17H2,(H,18,20)(H,19,22). The van der Waals surface area contributed by atoms with Crippen molar-refractivity contribution in [2.45, 2.75) is 5.62 Å². The van der Waals surface area contributed by atoms with Crippen LogP contribution in [0.2, 0.25) is 0 Å². The Morgan fingerprint density at radius 2 is 2.26 bits per heavy atom. The molecule has 1 aliphatic rings. The zero-order valence-corrected chi connectivity index (χ0v) is 16.5. The summed E-state index contributed by atoms with van der Waals surface area (Å²) in [6, 6.07) is 4.16. The largest absolute Gasteiger partial charge is 0.409 e. The van der Waals surface area contributed by atoms with Gasteiger partial charge in [0.25, 0.3) is 0 Å². The summed E-state index contributed by atoms with van der Waals surface area (Å²) >= 11 is 4.19. The highest BCUT2D eigenvalue weighted by atomic mass is 79.9. The molecule has 14 heteroatoms. The van der Waals surface area contributed by atoms with E-state index in [1.54, 1.807) is 7.85 Å². The van der Waals surface area contributed by atoms with E-state index >= 15 is 0 Å². The molecule has 2 aromatic rings. The van der Waals surface area contributed by atoms with E-state index in [1.807, 2.05) is 4.31 Å². The maximum atomic E-state index is 13.4. The lowest BCUT2D eigenvalue weighted by atomic mass is 9.75. The average Bonchev–Trinajstić information content (AvgIpc) is 3.01. The first-order chi connectivity index (χ1) is 12.8. The molecule has 27 heavy (non-hydrogen) atoms. The number of nitrogens with two attached hydrogens (primary N) is 1. The van der Waals surface area contributed by atoms with Crippen molar-refractivity contribution in [2.24, 2.45) is 16.2 Å². The van der Waals surface area contributed by atoms with Crippen LogP contribution in [-0.4, -0.2) is 57.3 Å². The molecule has 0 saturated carbocycles. The molecule has 1 saturated heterocycles. The molecule has 2 heterocycles. The zero-order valence-electron chi connectivity index (χ0n) is 14.1. The van der Waals surface area contributed by atoms with Gasteiger partial charge in [-0.2, -0.15) is 0 Å². The topological polar surface area (TPSA) is 145 Å². The van der Waals surface area contributed by atoms with E-state index in [2.05, 4.69) is 42.0 Å². The summed E-state index contributed by atoms with van der Waals surface area (Å²) in [4.78, 5) is 0. The molecular formula is C13H16BBrFN7O3S. The van der Waals surface area contributed by atoms with Gasteiger partial charge in [0, 0.05) is 36.8 Å². The number of benzene rings is 1. The average molecular weight is 460 g/mol. The number of aliphatic hydroxyl groups is 1. The molecular weight excluding hydrogens is 444 g/mol. The molecule has 1 aliphatic heterocycles. The summed E-state index contributed by atoms with van der Waals surface area (Å²) in [5, 5.41) is 41.7. The second-order valence-electron chi connectivity index (χ2n) is 6.09. The molecule has 3 rings (SSSR count). The van der Waals surface area contributed by atoms with E-state index < -0.39 is 11.4 Å². The molecule has 1 aromatic carbocycles. The zero-order chi connectivity index (χ0) is 19.6. The Balaban J connectivity index is 1.75. The van der Waals surface area contributed by atoms with Crippen LogP contribution in [0.25, 0.3) is 0 Å². The molecule has 10 nitrogen and oxygen atoms in total. The number of amidine groups is 1. The number of hydrogen-bond acceptors (Lipinski definition) is 10. The van der Waals surface area contributed by atoms with Crippen molar-refractivity contribution in [2.75, 3.05) is 23.7 Å². The monoisotopic (exact) mass is 459 g/mol. The van der Waals surface area contributed by atoms with Gasteiger partial charge in [-0.15, -0.1) is 0 Å². The second kappa shape index (κ2) is 8.02. The smallest absolute Gasteiger partial charge is 0.203 e. The first-order valence-corrected chi connectivity index (χ1v) is 9.36. The van der Waals surface area contributed by atoms with Gasteiger partial charge in [-0.25, -0.2) is 13.3 Å². The molecule has 0 aliphatic carbocycles. The molecule has 0 radical (unpaired) electrons. The van der Waals surface area contributed by atoms with Crippen LogP contribution in [0.4, 0.5) is 15.9 Å². The molecule has 0 spiro atoms. The quantitative estimate of drug-likeness (QED) is 0.0780. The lowest BCUT2D eigenvalue weighted by Gasteiger charge is -2.45. The first-order valence-electron chi connectivity index (χ1n) is 7.73. The Bertz CT molecular complexity index is 849. The van der Waals surface area contributed by atoms with Crippen molar-refractivity contribution in [1.82, 2.24) is 14.6 Å². The van der Waals surface area contributed by atoms with E-state index in [4.69, 9.17) is 9.77 Å². The summed E-state index contributed by atoms with van der Waals surface area (Å²) in [7, 11) is 1.59. The molecule has 1 fully saturated rings. The van der Waals surface area contributed by atoms with Gasteiger partial charge in [-0.05, 0) is 44.4 Å². The molecule has 144 valence electrons. The highest BCUT2D eigenvalue weighted by Crippen LogP contribution is 2.30. The third-order valence-electron chi connectivity index (χ3n) is 4.16. The first kappa shape index (κ1) is 19.9. The molecule has 1 atom stereocenters. The predicted octanol–water partition coefficient (Wildman–Crippen LogP) is 0.364. The minimum Gasteiger partial charge on any atom is -0.409 e. The fourth-order valence-electron chi connectivity index (χ4n) is 2.49. The minimum atomic E-state index is -1.32. The van der Waals surface area contributed by atoms with Gasteiger partial charge in [0.05, 0.1) is 4.47 Å². The van der Waals surface area contributed by atoms with Gasteiger partial charge in [0.1, 0.15) is 11.4 Å². The Morgan fingerprint density at radius 3 is 2.89 bits per heavy atom. The van der Waals surface area contributed by atoms with Gasteiger partial charge in [-0.3, -0.25) is 5.14 Å².